The molecule has 0 saturated heterocycles. The van der Waals surface area contributed by atoms with Crippen LogP contribution in [0.5, 0.6) is 0 Å². The number of amides is 1. The van der Waals surface area contributed by atoms with Gasteiger partial charge in [-0.3, -0.25) is 9.59 Å². The lowest BCUT2D eigenvalue weighted by molar-refractivity contribution is 0.0945. The minimum Gasteiger partial charge on any atom is -0.351 e. The topological polar surface area (TPSA) is 87.2 Å². The average Bonchev–Trinajstić information content (AvgIpc) is 2.59. The molecule has 0 aliphatic heterocycles. The second-order valence-corrected chi connectivity index (χ2v) is 5.98. The van der Waals surface area contributed by atoms with E-state index in [2.05, 4.69) is 25.7 Å². The monoisotopic (exact) mass is 341 g/mol. The molecule has 0 fully saturated rings. The van der Waals surface area contributed by atoms with E-state index in [4.69, 9.17) is 0 Å². The quantitative estimate of drug-likeness (QED) is 0.565. The Bertz CT molecular complexity index is 729. The van der Waals surface area contributed by atoms with E-state index in [0.717, 1.165) is 18.7 Å². The number of nitrogens with zero attached hydrogens (tertiary/aromatic N) is 3. The van der Waals surface area contributed by atoms with Gasteiger partial charge in [-0.1, -0.05) is 12.1 Å². The first-order valence-corrected chi connectivity index (χ1v) is 8.10. The summed E-state index contributed by atoms with van der Waals surface area (Å²) in [7, 11) is 3.98. The number of aromatic nitrogens is 2. The smallest absolute Gasteiger partial charge is 0.271 e. The maximum Gasteiger partial charge on any atom is 0.271 e. The number of carbonyl (C=O) groups excluding carboxylic acids is 2. The molecule has 0 bridgehead atoms. The van der Waals surface area contributed by atoms with Crippen molar-refractivity contribution in [2.75, 3.05) is 32.5 Å². The maximum absolute atomic E-state index is 12.0. The fourth-order valence-electron chi connectivity index (χ4n) is 2.17. The van der Waals surface area contributed by atoms with E-state index >= 15 is 0 Å². The Morgan fingerprint density at radius 1 is 1.12 bits per heavy atom. The lowest BCUT2D eigenvalue weighted by Crippen LogP contribution is -2.28. The van der Waals surface area contributed by atoms with Crippen LogP contribution in [0, 0.1) is 0 Å². The zero-order valence-corrected chi connectivity index (χ0v) is 14.7. The van der Waals surface area contributed by atoms with Crippen LogP contribution in [0.3, 0.4) is 0 Å². The Morgan fingerprint density at radius 3 is 2.56 bits per heavy atom. The Labute approximate surface area is 147 Å². The van der Waals surface area contributed by atoms with Crippen LogP contribution in [0.25, 0.3) is 0 Å². The number of hydrogen-bond donors (Lipinski definition) is 2. The Kier molecular flexibility index (Phi) is 6.59. The highest BCUT2D eigenvalue weighted by molar-refractivity contribution is 5.95. The first-order valence-electron chi connectivity index (χ1n) is 8.10. The van der Waals surface area contributed by atoms with Crippen molar-refractivity contribution in [2.45, 2.75) is 13.3 Å². The third-order valence-electron chi connectivity index (χ3n) is 3.51. The molecule has 0 spiro atoms. The molecule has 2 rings (SSSR count). The van der Waals surface area contributed by atoms with E-state index in [1.54, 1.807) is 30.3 Å². The molecule has 0 saturated carbocycles. The van der Waals surface area contributed by atoms with Gasteiger partial charge in [0.25, 0.3) is 5.91 Å². The fourth-order valence-corrected chi connectivity index (χ4v) is 2.17. The van der Waals surface area contributed by atoms with Crippen LogP contribution in [0.15, 0.2) is 36.4 Å². The van der Waals surface area contributed by atoms with Crippen LogP contribution in [0.1, 0.15) is 34.2 Å². The molecule has 1 amide bonds. The molecule has 1 aromatic carbocycles. The molecule has 2 aromatic rings. The van der Waals surface area contributed by atoms with Gasteiger partial charge in [0, 0.05) is 17.8 Å². The van der Waals surface area contributed by atoms with Crippen molar-refractivity contribution in [3.05, 3.63) is 47.7 Å². The van der Waals surface area contributed by atoms with Gasteiger partial charge >= 0.3 is 0 Å². The molecule has 0 aliphatic carbocycles. The van der Waals surface area contributed by atoms with Crippen LogP contribution in [0.4, 0.5) is 11.5 Å². The van der Waals surface area contributed by atoms with Crippen molar-refractivity contribution >= 4 is 23.2 Å². The van der Waals surface area contributed by atoms with Crippen molar-refractivity contribution in [3.63, 3.8) is 0 Å². The predicted molar refractivity (Wildman–Crippen MR) is 97.3 cm³/mol. The first kappa shape index (κ1) is 18.5. The van der Waals surface area contributed by atoms with Crippen molar-refractivity contribution in [3.8, 4) is 0 Å². The minimum atomic E-state index is -0.239. The van der Waals surface area contributed by atoms with Gasteiger partial charge < -0.3 is 15.5 Å². The summed E-state index contributed by atoms with van der Waals surface area (Å²) in [6.45, 7) is 3.02. The van der Waals surface area contributed by atoms with Gasteiger partial charge in [0.15, 0.2) is 17.3 Å². The molecule has 1 heterocycles. The van der Waals surface area contributed by atoms with Crippen LogP contribution in [-0.2, 0) is 0 Å². The molecule has 0 unspecified atom stereocenters. The number of hydrogen-bond acceptors (Lipinski definition) is 6. The summed E-state index contributed by atoms with van der Waals surface area (Å²) in [6, 6.07) is 10.4. The van der Waals surface area contributed by atoms with E-state index in [9.17, 15) is 9.59 Å². The third kappa shape index (κ3) is 5.96. The molecule has 2 N–H and O–H groups in total. The zero-order valence-electron chi connectivity index (χ0n) is 14.7. The summed E-state index contributed by atoms with van der Waals surface area (Å²) in [5.41, 5.74) is 1.63. The van der Waals surface area contributed by atoms with Crippen LogP contribution >= 0.6 is 0 Å². The zero-order chi connectivity index (χ0) is 18.2. The number of ketones is 1. The molecule has 25 heavy (non-hydrogen) atoms. The molecular formula is C18H23N5O2. The van der Waals surface area contributed by atoms with Crippen LogP contribution in [0.2, 0.25) is 0 Å². The highest BCUT2D eigenvalue weighted by atomic mass is 16.2. The molecule has 0 aliphatic rings. The lowest BCUT2D eigenvalue weighted by atomic mass is 10.1. The molecule has 7 nitrogen and oxygen atoms in total. The fraction of sp³-hybridized carbons (Fsp3) is 0.333. The summed E-state index contributed by atoms with van der Waals surface area (Å²) in [5.74, 6) is 0.261. The minimum absolute atomic E-state index is 0.00369. The van der Waals surface area contributed by atoms with Crippen LogP contribution < -0.4 is 10.6 Å². The summed E-state index contributed by atoms with van der Waals surface area (Å²) >= 11 is 0. The van der Waals surface area contributed by atoms with Gasteiger partial charge in [0.05, 0.1) is 0 Å². The van der Waals surface area contributed by atoms with Gasteiger partial charge in [0.1, 0.15) is 0 Å². The van der Waals surface area contributed by atoms with Gasteiger partial charge in [-0.05, 0) is 58.3 Å². The number of benzene rings is 1. The van der Waals surface area contributed by atoms with E-state index in [-0.39, 0.29) is 17.4 Å². The van der Waals surface area contributed by atoms with Gasteiger partial charge in [-0.25, -0.2) is 0 Å². The predicted octanol–water partition coefficient (Wildman–Crippen LogP) is 2.10. The normalized spacial score (nSPS) is 10.6. The molecule has 1 aromatic heterocycles. The van der Waals surface area contributed by atoms with E-state index in [1.165, 1.54) is 6.92 Å². The van der Waals surface area contributed by atoms with Crippen molar-refractivity contribution < 1.29 is 9.59 Å². The molecule has 0 radical (unpaired) electrons. The van der Waals surface area contributed by atoms with Gasteiger partial charge in [0.2, 0.25) is 0 Å². The number of Topliss-reactive ketones (excluding diaryl/α,β-unsaturated/α-hetero) is 1. The first-order chi connectivity index (χ1) is 12.0. The summed E-state index contributed by atoms with van der Waals surface area (Å²) in [5, 5.41) is 13.8. The summed E-state index contributed by atoms with van der Waals surface area (Å²) in [6.07, 6.45) is 0.873. The number of carbonyl (C=O) groups is 2. The van der Waals surface area contributed by atoms with Crippen molar-refractivity contribution in [1.29, 1.82) is 0 Å². The van der Waals surface area contributed by atoms with E-state index in [0.29, 0.717) is 17.9 Å². The molecule has 132 valence electrons. The SMILES string of the molecule is CC(=O)c1cccc(Nc2ccc(C(=O)NCCCN(C)C)nn2)c1. The number of rotatable bonds is 8. The van der Waals surface area contributed by atoms with Gasteiger partial charge in [-0.2, -0.15) is 0 Å². The largest absolute Gasteiger partial charge is 0.351 e. The Hall–Kier alpha value is -2.80. The highest BCUT2D eigenvalue weighted by Gasteiger charge is 2.08. The van der Waals surface area contributed by atoms with Gasteiger partial charge in [-0.15, -0.1) is 10.2 Å². The second-order valence-electron chi connectivity index (χ2n) is 5.98. The summed E-state index contributed by atoms with van der Waals surface area (Å²) in [4.78, 5) is 25.5. The molecular weight excluding hydrogens is 318 g/mol. The van der Waals surface area contributed by atoms with Crippen molar-refractivity contribution in [2.24, 2.45) is 0 Å². The second kappa shape index (κ2) is 8.89. The highest BCUT2D eigenvalue weighted by Crippen LogP contribution is 2.16. The standard InChI is InChI=1S/C18H23N5O2/c1-13(24)14-6-4-7-15(12-14)20-17-9-8-16(21-22-17)18(25)19-10-5-11-23(2)3/h4,6-9,12H,5,10-11H2,1-3H3,(H,19,25)(H,20,22). The molecule has 7 heteroatoms. The van der Waals surface area contributed by atoms with E-state index in [1.807, 2.05) is 20.2 Å². The van der Waals surface area contributed by atoms with Crippen LogP contribution in [-0.4, -0.2) is 54.0 Å². The average molecular weight is 341 g/mol. The van der Waals surface area contributed by atoms with Crippen molar-refractivity contribution in [1.82, 2.24) is 20.4 Å². The van der Waals surface area contributed by atoms with E-state index < -0.39 is 0 Å². The molecule has 0 atom stereocenters. The maximum atomic E-state index is 12.0. The Morgan fingerprint density at radius 2 is 1.92 bits per heavy atom. The third-order valence-corrected chi connectivity index (χ3v) is 3.51. The summed E-state index contributed by atoms with van der Waals surface area (Å²) < 4.78 is 0. The number of nitrogens with one attached hydrogen (secondary N) is 2. The number of anilines is 2. The Balaban J connectivity index is 1.92. The lowest BCUT2D eigenvalue weighted by Gasteiger charge is -2.10.